The van der Waals surface area contributed by atoms with Crippen LogP contribution in [0.2, 0.25) is 0 Å². The van der Waals surface area contributed by atoms with E-state index < -0.39 is 0 Å². The summed E-state index contributed by atoms with van der Waals surface area (Å²) in [6.07, 6.45) is 0. The first kappa shape index (κ1) is 27.4. The molecule has 0 radical (unpaired) electrons. The van der Waals surface area contributed by atoms with Crippen LogP contribution in [-0.2, 0) is 0 Å². The van der Waals surface area contributed by atoms with Crippen LogP contribution in [0.15, 0.2) is 158 Å². The SMILES string of the molecule is [C-]#[N+]c1ccc2c3ccccc3n(-c3ccccc3-c3cccc(-c4ccc(-n5c6ccccc6c6ccccc65)c(C#N)c4)c3)c2c1. The molecule has 0 aliphatic rings. The van der Waals surface area contributed by atoms with Crippen LogP contribution in [0.25, 0.3) is 82.1 Å². The van der Waals surface area contributed by atoms with Gasteiger partial charge in [-0.25, -0.2) is 4.85 Å². The van der Waals surface area contributed by atoms with E-state index in [1.54, 1.807) is 0 Å². The van der Waals surface area contributed by atoms with Crippen molar-refractivity contribution in [2.75, 3.05) is 0 Å². The largest absolute Gasteiger partial charge is 0.310 e. The first-order chi connectivity index (χ1) is 23.7. The number of benzene rings is 7. The van der Waals surface area contributed by atoms with Gasteiger partial charge >= 0.3 is 0 Å². The molecule has 0 atom stereocenters. The van der Waals surface area contributed by atoms with Crippen molar-refractivity contribution in [2.24, 2.45) is 0 Å². The van der Waals surface area contributed by atoms with Crippen molar-refractivity contribution >= 4 is 49.3 Å². The third-order valence-electron chi connectivity index (χ3n) is 9.38. The summed E-state index contributed by atoms with van der Waals surface area (Å²) >= 11 is 0. The summed E-state index contributed by atoms with van der Waals surface area (Å²) in [4.78, 5) is 3.73. The zero-order chi connectivity index (χ0) is 32.2. The van der Waals surface area contributed by atoms with Crippen molar-refractivity contribution in [1.82, 2.24) is 9.13 Å². The summed E-state index contributed by atoms with van der Waals surface area (Å²) in [6, 6.07) is 56.7. The van der Waals surface area contributed by atoms with Crippen LogP contribution >= 0.6 is 0 Å². The maximum Gasteiger partial charge on any atom is 0.189 e. The third kappa shape index (κ3) is 4.14. The molecule has 0 unspecified atom stereocenters. The number of para-hydroxylation sites is 4. The number of nitrogens with zero attached hydrogens (tertiary/aromatic N) is 4. The van der Waals surface area contributed by atoms with Crippen molar-refractivity contribution < 1.29 is 0 Å². The molecule has 0 amide bonds. The Kier molecular flexibility index (Phi) is 6.22. The zero-order valence-corrected chi connectivity index (χ0v) is 25.8. The lowest BCUT2D eigenvalue weighted by Crippen LogP contribution is -1.98. The van der Waals surface area contributed by atoms with Gasteiger partial charge < -0.3 is 9.13 Å². The van der Waals surface area contributed by atoms with Gasteiger partial charge in [0.2, 0.25) is 0 Å². The van der Waals surface area contributed by atoms with Crippen molar-refractivity contribution in [2.45, 2.75) is 0 Å². The van der Waals surface area contributed by atoms with Gasteiger partial charge in [-0.2, -0.15) is 5.26 Å². The second-order valence-corrected chi connectivity index (χ2v) is 12.0. The maximum atomic E-state index is 10.4. The molecule has 0 bridgehead atoms. The summed E-state index contributed by atoms with van der Waals surface area (Å²) in [5.41, 5.74) is 11.6. The van der Waals surface area contributed by atoms with Crippen molar-refractivity contribution in [3.63, 3.8) is 0 Å². The number of fused-ring (bicyclic) bond motifs is 6. The van der Waals surface area contributed by atoms with Gasteiger partial charge in [0.05, 0.1) is 40.1 Å². The molecule has 0 spiro atoms. The van der Waals surface area contributed by atoms with E-state index in [1.165, 1.54) is 10.8 Å². The lowest BCUT2D eigenvalue weighted by molar-refractivity contribution is 1.17. The van der Waals surface area contributed by atoms with E-state index in [9.17, 15) is 5.26 Å². The summed E-state index contributed by atoms with van der Waals surface area (Å²) in [5, 5.41) is 15.0. The van der Waals surface area contributed by atoms with Crippen molar-refractivity contribution in [3.8, 4) is 39.7 Å². The summed E-state index contributed by atoms with van der Waals surface area (Å²) in [6.45, 7) is 7.66. The van der Waals surface area contributed by atoms with Crippen molar-refractivity contribution in [3.05, 3.63) is 175 Å². The van der Waals surface area contributed by atoms with Crippen LogP contribution in [0.4, 0.5) is 5.69 Å². The van der Waals surface area contributed by atoms with Crippen LogP contribution in [-0.4, -0.2) is 9.13 Å². The van der Waals surface area contributed by atoms with Gasteiger partial charge in [-0.15, -0.1) is 0 Å². The average molecular weight is 611 g/mol. The first-order valence-electron chi connectivity index (χ1n) is 15.9. The molecule has 9 rings (SSSR count). The molecular weight excluding hydrogens is 585 g/mol. The number of hydrogen-bond donors (Lipinski definition) is 0. The average Bonchev–Trinajstić information content (AvgIpc) is 3.67. The zero-order valence-electron chi connectivity index (χ0n) is 25.8. The standard InChI is InChI=1S/C44H26N4/c1-46-33-22-23-38-37-16-5-9-20-43(37)48(44(38)27-33)40-17-6-2-13-34(40)31-12-10-11-29(25-31)30-21-24-39(32(26-30)28-45)47-41-18-7-3-14-35(41)36-15-4-8-19-42(36)47/h2-27H. The predicted molar refractivity (Wildman–Crippen MR) is 197 cm³/mol. The number of nitriles is 1. The highest BCUT2D eigenvalue weighted by atomic mass is 15.0. The van der Waals surface area contributed by atoms with Crippen LogP contribution in [0, 0.1) is 17.9 Å². The lowest BCUT2D eigenvalue weighted by atomic mass is 9.96. The van der Waals surface area contributed by atoms with Crippen LogP contribution in [0.1, 0.15) is 5.56 Å². The Bertz CT molecular complexity index is 2760. The molecule has 4 heteroatoms. The molecule has 9 aromatic rings. The van der Waals surface area contributed by atoms with E-state index in [2.05, 4.69) is 147 Å². The molecule has 0 aliphatic carbocycles. The fourth-order valence-corrected chi connectivity index (χ4v) is 7.25. The van der Waals surface area contributed by atoms with Gasteiger partial charge in [0, 0.05) is 32.6 Å². The number of rotatable bonds is 4. The van der Waals surface area contributed by atoms with Gasteiger partial charge in [0.1, 0.15) is 6.07 Å². The maximum absolute atomic E-state index is 10.4. The molecular formula is C44H26N4. The van der Waals surface area contributed by atoms with E-state index in [4.69, 9.17) is 6.57 Å². The molecule has 0 N–H and O–H groups in total. The lowest BCUT2D eigenvalue weighted by Gasteiger charge is -2.15. The smallest absolute Gasteiger partial charge is 0.189 e. The predicted octanol–water partition coefficient (Wildman–Crippen LogP) is 11.6. The Balaban J connectivity index is 1.19. The summed E-state index contributed by atoms with van der Waals surface area (Å²) < 4.78 is 4.47. The Hall–Kier alpha value is -6.88. The second-order valence-electron chi connectivity index (χ2n) is 12.0. The van der Waals surface area contributed by atoms with Gasteiger partial charge in [0.15, 0.2) is 5.69 Å². The third-order valence-corrected chi connectivity index (χ3v) is 9.38. The van der Waals surface area contributed by atoms with Crippen molar-refractivity contribution in [1.29, 1.82) is 5.26 Å². The topological polar surface area (TPSA) is 38.0 Å². The molecule has 2 aromatic heterocycles. The molecule has 0 aliphatic heterocycles. The monoisotopic (exact) mass is 610 g/mol. The second kappa shape index (κ2) is 10.9. The number of aromatic nitrogens is 2. The molecule has 0 saturated heterocycles. The van der Waals surface area contributed by atoms with Gasteiger partial charge in [-0.3, -0.25) is 0 Å². The van der Waals surface area contributed by atoms with Crippen LogP contribution in [0.3, 0.4) is 0 Å². The quantitative estimate of drug-likeness (QED) is 0.183. The minimum atomic E-state index is 0.615. The fourth-order valence-electron chi connectivity index (χ4n) is 7.25. The Morgan fingerprint density at radius 3 is 1.69 bits per heavy atom. The summed E-state index contributed by atoms with van der Waals surface area (Å²) in [5.74, 6) is 0. The van der Waals surface area contributed by atoms with Crippen LogP contribution in [0.5, 0.6) is 0 Å². The van der Waals surface area contributed by atoms with E-state index in [0.29, 0.717) is 11.3 Å². The fraction of sp³-hybridized carbons (Fsp3) is 0. The highest BCUT2D eigenvalue weighted by Gasteiger charge is 2.18. The normalized spacial score (nSPS) is 11.3. The number of hydrogen-bond acceptors (Lipinski definition) is 1. The summed E-state index contributed by atoms with van der Waals surface area (Å²) in [7, 11) is 0. The molecule has 2 heterocycles. The minimum absolute atomic E-state index is 0.615. The molecule has 48 heavy (non-hydrogen) atoms. The minimum Gasteiger partial charge on any atom is -0.310 e. The molecule has 0 saturated carbocycles. The van der Waals surface area contributed by atoms with Gasteiger partial charge in [-0.1, -0.05) is 109 Å². The van der Waals surface area contributed by atoms with E-state index in [1.807, 2.05) is 30.3 Å². The Morgan fingerprint density at radius 1 is 0.458 bits per heavy atom. The molecule has 222 valence electrons. The first-order valence-corrected chi connectivity index (χ1v) is 15.9. The molecule has 7 aromatic carbocycles. The molecule has 0 fully saturated rings. The van der Waals surface area contributed by atoms with Gasteiger partial charge in [-0.05, 0) is 65.2 Å². The van der Waals surface area contributed by atoms with Crippen LogP contribution < -0.4 is 0 Å². The van der Waals surface area contributed by atoms with Gasteiger partial charge in [0.25, 0.3) is 0 Å². The Morgan fingerprint density at radius 2 is 1.02 bits per heavy atom. The highest BCUT2D eigenvalue weighted by Crippen LogP contribution is 2.39. The Labute approximate surface area is 277 Å². The molecule has 4 nitrogen and oxygen atoms in total. The van der Waals surface area contributed by atoms with E-state index in [-0.39, 0.29) is 0 Å². The van der Waals surface area contributed by atoms with E-state index in [0.717, 1.165) is 66.5 Å². The highest BCUT2D eigenvalue weighted by molar-refractivity contribution is 6.11. The van der Waals surface area contributed by atoms with E-state index >= 15 is 0 Å².